The number of hydrogen-bond acceptors (Lipinski definition) is 2. The van der Waals surface area contributed by atoms with E-state index in [9.17, 15) is 4.79 Å². The quantitative estimate of drug-likeness (QED) is 0.686. The molecule has 13 heavy (non-hydrogen) atoms. The van der Waals surface area contributed by atoms with E-state index in [-0.39, 0.29) is 12.1 Å². The molecule has 0 aromatic carbocycles. The van der Waals surface area contributed by atoms with Crippen molar-refractivity contribution in [2.24, 2.45) is 4.99 Å². The second-order valence-electron chi connectivity index (χ2n) is 2.78. The lowest BCUT2D eigenvalue weighted by molar-refractivity contribution is 0.211. The lowest BCUT2D eigenvalue weighted by Crippen LogP contribution is -2.35. The van der Waals surface area contributed by atoms with Crippen molar-refractivity contribution in [3.63, 3.8) is 0 Å². The highest BCUT2D eigenvalue weighted by atomic mass is 16.5. The predicted molar refractivity (Wildman–Crippen MR) is 48.6 cm³/mol. The molecule has 1 heterocycles. The third-order valence-corrected chi connectivity index (χ3v) is 1.92. The summed E-state index contributed by atoms with van der Waals surface area (Å²) < 4.78 is 5.36. The summed E-state index contributed by atoms with van der Waals surface area (Å²) in [6, 6.07) is -0.463. The molecule has 4 nitrogen and oxygen atoms in total. The average molecular weight is 178 g/mol. The van der Waals surface area contributed by atoms with Crippen LogP contribution in [0.2, 0.25) is 0 Å². The molecule has 2 rings (SSSR count). The van der Waals surface area contributed by atoms with Gasteiger partial charge in [0.25, 0.3) is 0 Å². The fourth-order valence-electron chi connectivity index (χ4n) is 1.40. The minimum atomic E-state index is -0.294. The molecule has 0 saturated heterocycles. The van der Waals surface area contributed by atoms with Gasteiger partial charge in [0.1, 0.15) is 11.8 Å². The number of ether oxygens (including phenoxy) is 1. The molecule has 1 unspecified atom stereocenters. The van der Waals surface area contributed by atoms with Crippen molar-refractivity contribution in [1.29, 1.82) is 0 Å². The van der Waals surface area contributed by atoms with E-state index in [1.807, 2.05) is 25.2 Å². The number of carbonyl (C=O) groups excluding carboxylic acids is 1. The zero-order valence-corrected chi connectivity index (χ0v) is 7.28. The van der Waals surface area contributed by atoms with Crippen molar-refractivity contribution < 1.29 is 9.53 Å². The van der Waals surface area contributed by atoms with Gasteiger partial charge >= 0.3 is 6.03 Å². The summed E-state index contributed by atoms with van der Waals surface area (Å²) in [7, 11) is 0. The van der Waals surface area contributed by atoms with Crippen molar-refractivity contribution in [3.05, 3.63) is 24.0 Å². The molecular formula is C9H10N2O2. The number of fused-ring (bicyclic) bond motifs is 1. The summed E-state index contributed by atoms with van der Waals surface area (Å²) in [5, 5.41) is 2.70. The first-order valence-electron chi connectivity index (χ1n) is 4.21. The lowest BCUT2D eigenvalue weighted by atomic mass is 10.1. The Bertz CT molecular complexity index is 329. The Kier molecular flexibility index (Phi) is 1.88. The highest BCUT2D eigenvalue weighted by Crippen LogP contribution is 2.16. The fourth-order valence-corrected chi connectivity index (χ4v) is 1.40. The topological polar surface area (TPSA) is 50.7 Å². The highest BCUT2D eigenvalue weighted by molar-refractivity contribution is 6.13. The second-order valence-corrected chi connectivity index (χ2v) is 2.78. The van der Waals surface area contributed by atoms with Crippen LogP contribution in [0.4, 0.5) is 4.79 Å². The van der Waals surface area contributed by atoms with Crippen LogP contribution in [0.1, 0.15) is 6.92 Å². The smallest absolute Gasteiger partial charge is 0.342 e. The van der Waals surface area contributed by atoms with Crippen LogP contribution in [0.3, 0.4) is 0 Å². The third-order valence-electron chi connectivity index (χ3n) is 1.92. The molecule has 0 spiro atoms. The monoisotopic (exact) mass is 178 g/mol. The number of amides is 2. The Morgan fingerprint density at radius 1 is 1.69 bits per heavy atom. The van der Waals surface area contributed by atoms with Gasteiger partial charge in [-0.15, -0.1) is 0 Å². The summed E-state index contributed by atoms with van der Waals surface area (Å²) in [4.78, 5) is 14.7. The summed E-state index contributed by atoms with van der Waals surface area (Å²) in [5.74, 6) is 0.759. The molecule has 4 heteroatoms. The number of nitrogens with zero attached hydrogens (tertiary/aromatic N) is 1. The minimum Gasteiger partial charge on any atom is -0.496 e. The molecule has 1 aliphatic carbocycles. The lowest BCUT2D eigenvalue weighted by Gasteiger charge is -2.17. The summed E-state index contributed by atoms with van der Waals surface area (Å²) in [6.45, 7) is 2.51. The first-order valence-corrected chi connectivity index (χ1v) is 4.21. The molecule has 2 amide bonds. The van der Waals surface area contributed by atoms with E-state index < -0.39 is 0 Å². The van der Waals surface area contributed by atoms with Crippen LogP contribution < -0.4 is 5.32 Å². The largest absolute Gasteiger partial charge is 0.496 e. The molecule has 0 aromatic heterocycles. The number of rotatable bonds is 2. The van der Waals surface area contributed by atoms with Gasteiger partial charge in [-0.05, 0) is 19.1 Å². The molecule has 0 aromatic rings. The van der Waals surface area contributed by atoms with Gasteiger partial charge in [0.05, 0.1) is 12.3 Å². The van der Waals surface area contributed by atoms with E-state index in [0.29, 0.717) is 6.61 Å². The van der Waals surface area contributed by atoms with Crippen molar-refractivity contribution >= 4 is 11.7 Å². The summed E-state index contributed by atoms with van der Waals surface area (Å²) in [6.07, 6.45) is 5.49. The number of carbonyl (C=O) groups is 1. The average Bonchev–Trinajstić information content (AvgIpc) is 2.47. The van der Waals surface area contributed by atoms with Crippen LogP contribution in [-0.4, -0.2) is 24.4 Å². The first-order chi connectivity index (χ1) is 6.31. The molecule has 0 fully saturated rings. The van der Waals surface area contributed by atoms with Crippen LogP contribution >= 0.6 is 0 Å². The van der Waals surface area contributed by atoms with Gasteiger partial charge in [0, 0.05) is 0 Å². The Morgan fingerprint density at radius 2 is 2.54 bits per heavy atom. The third kappa shape index (κ3) is 1.35. The van der Waals surface area contributed by atoms with Crippen molar-refractivity contribution in [3.8, 4) is 0 Å². The standard InChI is InChI=1S/C9H10N2O2/c1-2-13-7-5-3-4-6-8(7)11-9(12)10-6/h3-5,8H,2H2,1H3,(H,11,12). The van der Waals surface area contributed by atoms with E-state index >= 15 is 0 Å². The van der Waals surface area contributed by atoms with Crippen LogP contribution in [0.25, 0.3) is 0 Å². The van der Waals surface area contributed by atoms with Crippen molar-refractivity contribution in [2.75, 3.05) is 6.61 Å². The molecule has 1 aliphatic heterocycles. The molecule has 0 radical (unpaired) electrons. The SMILES string of the molecule is CCOC1=CC=CC2=NC(=O)NC12. The summed E-state index contributed by atoms with van der Waals surface area (Å²) in [5.41, 5.74) is 0.732. The van der Waals surface area contributed by atoms with E-state index in [0.717, 1.165) is 11.5 Å². The number of allylic oxidation sites excluding steroid dienone is 2. The zero-order chi connectivity index (χ0) is 9.26. The molecule has 2 aliphatic rings. The van der Waals surface area contributed by atoms with Crippen molar-refractivity contribution in [1.82, 2.24) is 5.32 Å². The second kappa shape index (κ2) is 3.05. The number of hydrogen-bond donors (Lipinski definition) is 1. The Labute approximate surface area is 76.0 Å². The number of urea groups is 1. The number of nitrogens with one attached hydrogen (secondary N) is 1. The van der Waals surface area contributed by atoms with Gasteiger partial charge in [-0.1, -0.05) is 6.08 Å². The maximum absolute atomic E-state index is 10.9. The summed E-state index contributed by atoms with van der Waals surface area (Å²) >= 11 is 0. The molecule has 0 bridgehead atoms. The van der Waals surface area contributed by atoms with Crippen LogP contribution in [0.5, 0.6) is 0 Å². The van der Waals surface area contributed by atoms with Crippen molar-refractivity contribution in [2.45, 2.75) is 13.0 Å². The maximum atomic E-state index is 10.9. The number of aliphatic imine (C=N–C) groups is 1. The van der Waals surface area contributed by atoms with Gasteiger partial charge in [0.15, 0.2) is 0 Å². The van der Waals surface area contributed by atoms with Crippen LogP contribution in [0, 0.1) is 0 Å². The van der Waals surface area contributed by atoms with Gasteiger partial charge in [-0.25, -0.2) is 4.79 Å². The highest BCUT2D eigenvalue weighted by Gasteiger charge is 2.29. The zero-order valence-electron chi connectivity index (χ0n) is 7.28. The van der Waals surface area contributed by atoms with Gasteiger partial charge in [0.2, 0.25) is 0 Å². The van der Waals surface area contributed by atoms with E-state index in [1.165, 1.54) is 0 Å². The fraction of sp³-hybridized carbons (Fsp3) is 0.333. The van der Waals surface area contributed by atoms with Crippen LogP contribution in [0.15, 0.2) is 29.0 Å². The maximum Gasteiger partial charge on any atom is 0.342 e. The van der Waals surface area contributed by atoms with Gasteiger partial charge in [-0.3, -0.25) is 0 Å². The van der Waals surface area contributed by atoms with E-state index in [1.54, 1.807) is 0 Å². The molecule has 0 saturated carbocycles. The minimum absolute atomic E-state index is 0.169. The Balaban J connectivity index is 2.23. The van der Waals surface area contributed by atoms with Gasteiger partial charge < -0.3 is 10.1 Å². The Morgan fingerprint density at radius 3 is 3.31 bits per heavy atom. The molecule has 68 valence electrons. The Hall–Kier alpha value is -1.58. The van der Waals surface area contributed by atoms with Gasteiger partial charge in [-0.2, -0.15) is 4.99 Å². The molecule has 1 atom stereocenters. The first kappa shape index (κ1) is 8.04. The van der Waals surface area contributed by atoms with E-state index in [4.69, 9.17) is 4.74 Å². The molecule has 1 N–H and O–H groups in total. The van der Waals surface area contributed by atoms with Crippen LogP contribution in [-0.2, 0) is 4.74 Å². The molecular weight excluding hydrogens is 168 g/mol. The van der Waals surface area contributed by atoms with E-state index in [2.05, 4.69) is 10.3 Å². The predicted octanol–water partition coefficient (Wildman–Crippen LogP) is 1.01. The normalized spacial score (nSPS) is 24.7.